The van der Waals surface area contributed by atoms with E-state index >= 15 is 0 Å². The Balaban J connectivity index is 4.00. The van der Waals surface area contributed by atoms with Crippen molar-refractivity contribution in [1.82, 2.24) is 0 Å². The lowest BCUT2D eigenvalue weighted by molar-refractivity contribution is 0.00404. The normalized spacial score (nSPS) is 18.1. The van der Waals surface area contributed by atoms with E-state index in [9.17, 15) is 5.11 Å². The van der Waals surface area contributed by atoms with E-state index in [0.717, 1.165) is 6.42 Å². The lowest BCUT2D eigenvalue weighted by atomic mass is 10.1. The van der Waals surface area contributed by atoms with Crippen LogP contribution in [0.25, 0.3) is 0 Å². The summed E-state index contributed by atoms with van der Waals surface area (Å²) >= 11 is 0. The van der Waals surface area contributed by atoms with Crippen LogP contribution in [0.2, 0.25) is 0 Å². The Kier molecular flexibility index (Phi) is 5.11. The molecule has 0 bridgehead atoms. The summed E-state index contributed by atoms with van der Waals surface area (Å²) in [5.41, 5.74) is 0.703. The minimum absolute atomic E-state index is 0.407. The molecule has 0 aromatic heterocycles. The number of hydrogen-bond acceptors (Lipinski definition) is 3. The minimum Gasteiger partial charge on any atom is -0.394 e. The van der Waals surface area contributed by atoms with Gasteiger partial charge in [0.05, 0.1) is 6.61 Å². The fraction of sp³-hybridized carbons (Fsp3) is 0.750. The van der Waals surface area contributed by atoms with Crippen LogP contribution in [0.3, 0.4) is 0 Å². The second-order valence-corrected chi connectivity index (χ2v) is 2.55. The summed E-state index contributed by atoms with van der Waals surface area (Å²) in [4.78, 5) is 0. The third-order valence-corrected chi connectivity index (χ3v) is 1.54. The predicted octanol–water partition coefficient (Wildman–Crippen LogP) is 0.0568. The zero-order valence-electron chi connectivity index (χ0n) is 6.99. The average Bonchev–Trinajstić information content (AvgIpc) is 2.02. The monoisotopic (exact) mass is 160 g/mol. The number of rotatable bonds is 4. The Morgan fingerprint density at radius 1 is 1.45 bits per heavy atom. The summed E-state index contributed by atoms with van der Waals surface area (Å²) in [6, 6.07) is 0. The third-order valence-electron chi connectivity index (χ3n) is 1.54. The molecule has 0 heterocycles. The maximum atomic E-state index is 9.24. The van der Waals surface area contributed by atoms with E-state index in [1.54, 1.807) is 6.92 Å². The Morgan fingerprint density at radius 3 is 2.36 bits per heavy atom. The first-order chi connectivity index (χ1) is 5.13. The molecule has 3 heteroatoms. The van der Waals surface area contributed by atoms with Crippen molar-refractivity contribution in [3.63, 3.8) is 0 Å². The van der Waals surface area contributed by atoms with E-state index < -0.39 is 18.8 Å². The molecule has 0 aliphatic carbocycles. The molecular weight excluding hydrogens is 144 g/mol. The van der Waals surface area contributed by atoms with E-state index in [2.05, 4.69) is 0 Å². The molecule has 0 saturated carbocycles. The van der Waals surface area contributed by atoms with Crippen LogP contribution in [0.15, 0.2) is 11.6 Å². The Morgan fingerprint density at radius 2 is 2.00 bits per heavy atom. The molecule has 3 nitrogen and oxygen atoms in total. The smallest absolute Gasteiger partial charge is 0.107 e. The highest BCUT2D eigenvalue weighted by Crippen LogP contribution is 2.06. The molecule has 0 saturated heterocycles. The highest BCUT2D eigenvalue weighted by Gasteiger charge is 2.15. The van der Waals surface area contributed by atoms with Gasteiger partial charge in [0.25, 0.3) is 0 Å². The summed E-state index contributed by atoms with van der Waals surface area (Å²) in [5.74, 6) is 0. The SMILES string of the molecule is CCC=C(C)C(O)C(O)CO. The van der Waals surface area contributed by atoms with Gasteiger partial charge in [0.1, 0.15) is 12.2 Å². The van der Waals surface area contributed by atoms with Gasteiger partial charge in [-0.3, -0.25) is 0 Å². The van der Waals surface area contributed by atoms with Crippen LogP contribution < -0.4 is 0 Å². The average molecular weight is 160 g/mol. The fourth-order valence-electron chi connectivity index (χ4n) is 0.846. The van der Waals surface area contributed by atoms with Gasteiger partial charge in [0.15, 0.2) is 0 Å². The second kappa shape index (κ2) is 5.29. The van der Waals surface area contributed by atoms with Crippen molar-refractivity contribution in [2.75, 3.05) is 6.61 Å². The fourth-order valence-corrected chi connectivity index (χ4v) is 0.846. The summed E-state index contributed by atoms with van der Waals surface area (Å²) in [7, 11) is 0. The Labute approximate surface area is 67.0 Å². The largest absolute Gasteiger partial charge is 0.394 e. The zero-order valence-corrected chi connectivity index (χ0v) is 6.99. The molecule has 0 aliphatic heterocycles. The Hall–Kier alpha value is -0.380. The zero-order chi connectivity index (χ0) is 8.85. The van der Waals surface area contributed by atoms with Crippen LogP contribution in [0.1, 0.15) is 20.3 Å². The van der Waals surface area contributed by atoms with Gasteiger partial charge in [-0.2, -0.15) is 0 Å². The van der Waals surface area contributed by atoms with E-state index in [0.29, 0.717) is 5.57 Å². The first kappa shape index (κ1) is 10.6. The third kappa shape index (κ3) is 3.51. The molecule has 2 unspecified atom stereocenters. The Bertz CT molecular complexity index is 131. The van der Waals surface area contributed by atoms with Gasteiger partial charge in [0, 0.05) is 0 Å². The first-order valence-corrected chi connectivity index (χ1v) is 3.77. The molecule has 0 amide bonds. The maximum Gasteiger partial charge on any atom is 0.107 e. The molecule has 3 N–H and O–H groups in total. The van der Waals surface area contributed by atoms with Gasteiger partial charge < -0.3 is 15.3 Å². The van der Waals surface area contributed by atoms with E-state index in [4.69, 9.17) is 10.2 Å². The van der Waals surface area contributed by atoms with Gasteiger partial charge in [-0.05, 0) is 18.9 Å². The molecule has 66 valence electrons. The maximum absolute atomic E-state index is 9.24. The summed E-state index contributed by atoms with van der Waals surface area (Å²) in [5, 5.41) is 26.7. The van der Waals surface area contributed by atoms with Gasteiger partial charge >= 0.3 is 0 Å². The van der Waals surface area contributed by atoms with Crippen molar-refractivity contribution in [1.29, 1.82) is 0 Å². The van der Waals surface area contributed by atoms with Crippen molar-refractivity contribution in [3.8, 4) is 0 Å². The minimum atomic E-state index is -1.06. The molecule has 0 aromatic rings. The van der Waals surface area contributed by atoms with Crippen molar-refractivity contribution in [3.05, 3.63) is 11.6 Å². The van der Waals surface area contributed by atoms with Gasteiger partial charge in [0.2, 0.25) is 0 Å². The van der Waals surface area contributed by atoms with E-state index in [1.807, 2.05) is 13.0 Å². The van der Waals surface area contributed by atoms with Crippen molar-refractivity contribution in [2.45, 2.75) is 32.5 Å². The van der Waals surface area contributed by atoms with Crippen LogP contribution in [0, 0.1) is 0 Å². The standard InChI is InChI=1S/C8H16O3/c1-3-4-6(2)8(11)7(10)5-9/h4,7-11H,3,5H2,1-2H3. The topological polar surface area (TPSA) is 60.7 Å². The van der Waals surface area contributed by atoms with E-state index in [1.165, 1.54) is 0 Å². The van der Waals surface area contributed by atoms with Crippen LogP contribution in [-0.2, 0) is 0 Å². The highest BCUT2D eigenvalue weighted by molar-refractivity contribution is 5.06. The number of aliphatic hydroxyl groups is 3. The first-order valence-electron chi connectivity index (χ1n) is 3.77. The highest BCUT2D eigenvalue weighted by atomic mass is 16.4. The van der Waals surface area contributed by atoms with Crippen molar-refractivity contribution >= 4 is 0 Å². The van der Waals surface area contributed by atoms with Gasteiger partial charge in [-0.15, -0.1) is 0 Å². The second-order valence-electron chi connectivity index (χ2n) is 2.55. The predicted molar refractivity (Wildman–Crippen MR) is 43.1 cm³/mol. The number of hydrogen-bond donors (Lipinski definition) is 3. The molecule has 2 atom stereocenters. The van der Waals surface area contributed by atoms with Crippen LogP contribution >= 0.6 is 0 Å². The van der Waals surface area contributed by atoms with Crippen LogP contribution in [0.4, 0.5) is 0 Å². The molecule has 0 spiro atoms. The quantitative estimate of drug-likeness (QED) is 0.509. The number of allylic oxidation sites excluding steroid dienone is 1. The van der Waals surface area contributed by atoms with Gasteiger partial charge in [-0.25, -0.2) is 0 Å². The summed E-state index contributed by atoms with van der Waals surface area (Å²) in [6.07, 6.45) is 0.655. The molecule has 11 heavy (non-hydrogen) atoms. The molecule has 0 aliphatic rings. The number of aliphatic hydroxyl groups excluding tert-OH is 3. The van der Waals surface area contributed by atoms with Gasteiger partial charge in [-0.1, -0.05) is 13.0 Å². The lowest BCUT2D eigenvalue weighted by Crippen LogP contribution is -2.30. The molecule has 0 rings (SSSR count). The lowest BCUT2D eigenvalue weighted by Gasteiger charge is -2.15. The molecule has 0 aromatic carbocycles. The van der Waals surface area contributed by atoms with Crippen LogP contribution in [-0.4, -0.2) is 34.1 Å². The van der Waals surface area contributed by atoms with E-state index in [-0.39, 0.29) is 0 Å². The molecule has 0 radical (unpaired) electrons. The van der Waals surface area contributed by atoms with Crippen molar-refractivity contribution < 1.29 is 15.3 Å². The molecule has 0 fully saturated rings. The molecular formula is C8H16O3. The summed E-state index contributed by atoms with van der Waals surface area (Å²) < 4.78 is 0. The van der Waals surface area contributed by atoms with Crippen LogP contribution in [0.5, 0.6) is 0 Å². The van der Waals surface area contributed by atoms with Crippen molar-refractivity contribution in [2.24, 2.45) is 0 Å². The summed E-state index contributed by atoms with van der Waals surface area (Å²) in [6.45, 7) is 3.27.